The SMILES string of the molecule is CC(C)(C)CC(C)(C)[C-]1CCNC1=O.[Re]. The summed E-state index contributed by atoms with van der Waals surface area (Å²) in [7, 11) is 0. The fourth-order valence-electron chi connectivity index (χ4n) is 2.60. The molecule has 2 nitrogen and oxygen atoms in total. The summed E-state index contributed by atoms with van der Waals surface area (Å²) in [4.78, 5) is 11.6. The molecule has 0 atom stereocenters. The molecule has 89 valence electrons. The molecule has 1 heterocycles. The minimum Gasteiger partial charge on any atom is -0.383 e. The first kappa shape index (κ1) is 15.0. The Morgan fingerprint density at radius 1 is 1.27 bits per heavy atom. The number of amides is 1. The van der Waals surface area contributed by atoms with Crippen molar-refractivity contribution in [3.63, 3.8) is 0 Å². The summed E-state index contributed by atoms with van der Waals surface area (Å²) in [5, 5.41) is 2.89. The van der Waals surface area contributed by atoms with E-state index in [4.69, 9.17) is 0 Å². The van der Waals surface area contributed by atoms with Gasteiger partial charge in [0.2, 0.25) is 0 Å². The van der Waals surface area contributed by atoms with E-state index in [0.717, 1.165) is 25.3 Å². The van der Waals surface area contributed by atoms with Gasteiger partial charge in [0.05, 0.1) is 5.91 Å². The van der Waals surface area contributed by atoms with Gasteiger partial charge < -0.3 is 10.1 Å². The molecule has 1 N–H and O–H groups in total. The summed E-state index contributed by atoms with van der Waals surface area (Å²) < 4.78 is 0. The fraction of sp³-hybridized carbons (Fsp3) is 0.833. The Bertz CT molecular complexity index is 230. The van der Waals surface area contributed by atoms with Gasteiger partial charge in [-0.3, -0.25) is 5.92 Å². The molecule has 1 aliphatic heterocycles. The zero-order chi connectivity index (χ0) is 11.0. The van der Waals surface area contributed by atoms with E-state index in [-0.39, 0.29) is 37.2 Å². The summed E-state index contributed by atoms with van der Waals surface area (Å²) in [5.41, 5.74) is 0.318. The molecule has 15 heavy (non-hydrogen) atoms. The van der Waals surface area contributed by atoms with Crippen LogP contribution in [-0.4, -0.2) is 12.5 Å². The molecule has 0 spiro atoms. The number of hydrogen-bond donors (Lipinski definition) is 1. The summed E-state index contributed by atoms with van der Waals surface area (Å²) in [6.45, 7) is 11.9. The Morgan fingerprint density at radius 2 is 1.80 bits per heavy atom. The molecule has 0 bridgehead atoms. The van der Waals surface area contributed by atoms with Crippen LogP contribution < -0.4 is 5.32 Å². The maximum Gasteiger partial charge on any atom is 0.0855 e. The van der Waals surface area contributed by atoms with Crippen LogP contribution in [0.3, 0.4) is 0 Å². The Kier molecular flexibility index (Phi) is 4.89. The van der Waals surface area contributed by atoms with Crippen LogP contribution in [0.5, 0.6) is 0 Å². The molecular weight excluding hydrogens is 360 g/mol. The van der Waals surface area contributed by atoms with Gasteiger partial charge in [-0.05, 0) is 12.0 Å². The van der Waals surface area contributed by atoms with E-state index in [1.54, 1.807) is 0 Å². The van der Waals surface area contributed by atoms with Crippen molar-refractivity contribution in [2.45, 2.75) is 47.5 Å². The molecule has 0 aromatic rings. The van der Waals surface area contributed by atoms with Gasteiger partial charge in [0.1, 0.15) is 0 Å². The molecule has 0 saturated carbocycles. The number of hydrogen-bond acceptors (Lipinski definition) is 1. The maximum atomic E-state index is 11.6. The zero-order valence-corrected chi connectivity index (χ0v) is 13.1. The predicted molar refractivity (Wildman–Crippen MR) is 58.7 cm³/mol. The van der Waals surface area contributed by atoms with Crippen LogP contribution in [0.2, 0.25) is 0 Å². The van der Waals surface area contributed by atoms with Crippen molar-refractivity contribution in [2.24, 2.45) is 10.8 Å². The van der Waals surface area contributed by atoms with E-state index in [9.17, 15) is 4.79 Å². The fourth-order valence-corrected chi connectivity index (χ4v) is 2.60. The second-order valence-electron chi connectivity index (χ2n) is 6.11. The minimum absolute atomic E-state index is 0. The molecule has 1 rings (SSSR count). The third kappa shape index (κ3) is 4.17. The quantitative estimate of drug-likeness (QED) is 0.731. The average Bonchev–Trinajstić information content (AvgIpc) is 2.29. The Morgan fingerprint density at radius 3 is 2.13 bits per heavy atom. The molecule has 1 aliphatic rings. The van der Waals surface area contributed by atoms with E-state index in [0.29, 0.717) is 0 Å². The van der Waals surface area contributed by atoms with Crippen molar-refractivity contribution >= 4 is 5.91 Å². The molecule has 1 fully saturated rings. The predicted octanol–water partition coefficient (Wildman–Crippen LogP) is 2.54. The Labute approximate surface area is 107 Å². The summed E-state index contributed by atoms with van der Waals surface area (Å²) in [5.74, 6) is 1.24. The first-order valence-corrected chi connectivity index (χ1v) is 5.37. The van der Waals surface area contributed by atoms with Gasteiger partial charge in [-0.2, -0.15) is 0 Å². The monoisotopic (exact) mass is 383 g/mol. The van der Waals surface area contributed by atoms with Crippen molar-refractivity contribution in [1.29, 1.82) is 0 Å². The Hall–Kier alpha value is 0.00234. The molecule has 0 unspecified atom stereocenters. The second kappa shape index (κ2) is 4.89. The third-order valence-electron chi connectivity index (χ3n) is 2.72. The van der Waals surface area contributed by atoms with Crippen LogP contribution in [0.25, 0.3) is 0 Å². The number of rotatable bonds is 2. The van der Waals surface area contributed by atoms with E-state index >= 15 is 0 Å². The molecule has 0 aromatic carbocycles. The van der Waals surface area contributed by atoms with Crippen LogP contribution in [0, 0.1) is 16.7 Å². The first-order chi connectivity index (χ1) is 6.22. The van der Waals surface area contributed by atoms with Gasteiger partial charge in [0, 0.05) is 20.4 Å². The van der Waals surface area contributed by atoms with E-state index < -0.39 is 0 Å². The topological polar surface area (TPSA) is 29.1 Å². The van der Waals surface area contributed by atoms with Crippen LogP contribution in [0.1, 0.15) is 47.5 Å². The normalized spacial score (nSPS) is 17.4. The molecule has 0 aromatic heterocycles. The Balaban J connectivity index is 0.00000196. The second-order valence-corrected chi connectivity index (χ2v) is 6.11. The smallest absolute Gasteiger partial charge is 0.0855 e. The van der Waals surface area contributed by atoms with Crippen molar-refractivity contribution in [3.8, 4) is 0 Å². The van der Waals surface area contributed by atoms with Gasteiger partial charge >= 0.3 is 0 Å². The number of carbonyl (C=O) groups is 1. The van der Waals surface area contributed by atoms with Crippen LogP contribution in [0.4, 0.5) is 0 Å². The molecule has 0 aliphatic carbocycles. The van der Waals surface area contributed by atoms with Gasteiger partial charge in [-0.1, -0.05) is 41.0 Å². The largest absolute Gasteiger partial charge is 0.383 e. The maximum absolute atomic E-state index is 11.6. The number of carbonyl (C=O) groups excluding carboxylic acids is 1. The summed E-state index contributed by atoms with van der Waals surface area (Å²) in [6, 6.07) is 0. The van der Waals surface area contributed by atoms with Crippen molar-refractivity contribution < 1.29 is 25.2 Å². The van der Waals surface area contributed by atoms with E-state index in [2.05, 4.69) is 39.9 Å². The van der Waals surface area contributed by atoms with Crippen molar-refractivity contribution in [2.75, 3.05) is 6.54 Å². The number of nitrogens with one attached hydrogen (secondary N) is 1. The standard InChI is InChI=1S/C12H22NO.Re/c1-11(2,3)8-12(4,5)9-6-7-13-10(9)14;/h6-8H2,1-5H3,(H,13,14);/q-1;. The van der Waals surface area contributed by atoms with Crippen LogP contribution in [-0.2, 0) is 25.2 Å². The van der Waals surface area contributed by atoms with E-state index in [1.165, 1.54) is 0 Å². The van der Waals surface area contributed by atoms with Gasteiger partial charge in [0.25, 0.3) is 0 Å². The summed E-state index contributed by atoms with van der Waals surface area (Å²) >= 11 is 0. The molecular formula is C12H22NORe-. The average molecular weight is 383 g/mol. The van der Waals surface area contributed by atoms with E-state index in [1.807, 2.05) is 0 Å². The zero-order valence-electron chi connectivity index (χ0n) is 10.4. The van der Waals surface area contributed by atoms with Gasteiger partial charge in [0.15, 0.2) is 0 Å². The van der Waals surface area contributed by atoms with Crippen LogP contribution >= 0.6 is 0 Å². The molecule has 3 heteroatoms. The minimum atomic E-state index is 0. The molecule has 1 amide bonds. The third-order valence-corrected chi connectivity index (χ3v) is 2.72. The van der Waals surface area contributed by atoms with Crippen molar-refractivity contribution in [3.05, 3.63) is 5.92 Å². The van der Waals surface area contributed by atoms with Crippen molar-refractivity contribution in [1.82, 2.24) is 5.32 Å². The van der Waals surface area contributed by atoms with Gasteiger partial charge in [-0.25, -0.2) is 0 Å². The van der Waals surface area contributed by atoms with Gasteiger partial charge in [-0.15, -0.1) is 11.8 Å². The summed E-state index contributed by atoms with van der Waals surface area (Å²) in [6.07, 6.45) is 1.98. The molecule has 1 radical (unpaired) electrons. The van der Waals surface area contributed by atoms with Crippen LogP contribution in [0.15, 0.2) is 0 Å². The molecule has 1 saturated heterocycles. The first-order valence-electron chi connectivity index (χ1n) is 5.37.